The molecule has 184 valence electrons. The molecule has 1 aliphatic carbocycles. The number of anilines is 2. The van der Waals surface area contributed by atoms with Gasteiger partial charge in [0.2, 0.25) is 10.0 Å². The van der Waals surface area contributed by atoms with E-state index in [1.807, 2.05) is 26.2 Å². The maximum atomic E-state index is 13.2. The van der Waals surface area contributed by atoms with E-state index in [2.05, 4.69) is 28.9 Å². The van der Waals surface area contributed by atoms with Gasteiger partial charge in [-0.25, -0.2) is 8.42 Å². The van der Waals surface area contributed by atoms with Crippen LogP contribution in [0.1, 0.15) is 39.7 Å². The summed E-state index contributed by atoms with van der Waals surface area (Å²) >= 11 is 0. The molecular weight excluding hydrogens is 456 g/mol. The van der Waals surface area contributed by atoms with Crippen molar-refractivity contribution in [2.45, 2.75) is 44.9 Å². The number of aromatic amines is 1. The van der Waals surface area contributed by atoms with E-state index < -0.39 is 10.0 Å². The van der Waals surface area contributed by atoms with Gasteiger partial charge < -0.3 is 15.2 Å². The molecule has 0 amide bonds. The van der Waals surface area contributed by atoms with E-state index in [4.69, 9.17) is 10.8 Å². The summed E-state index contributed by atoms with van der Waals surface area (Å²) in [7, 11) is -1.29. The highest BCUT2D eigenvalue weighted by atomic mass is 32.2. The Morgan fingerprint density at radius 1 is 1.15 bits per heavy atom. The molecule has 1 saturated carbocycles. The minimum absolute atomic E-state index is 0.0328. The maximum Gasteiger partial charge on any atom is 0.264 e. The molecule has 0 unspecified atom stereocenters. The van der Waals surface area contributed by atoms with E-state index in [1.165, 1.54) is 0 Å². The van der Waals surface area contributed by atoms with Crippen molar-refractivity contribution in [3.05, 3.63) is 22.6 Å². The average Bonchev–Trinajstić information content (AvgIpc) is 3.50. The number of nitrogens with zero attached hydrogens (tertiary/aromatic N) is 6. The van der Waals surface area contributed by atoms with Gasteiger partial charge in [-0.1, -0.05) is 13.8 Å². The van der Waals surface area contributed by atoms with E-state index in [9.17, 15) is 13.2 Å². The van der Waals surface area contributed by atoms with Crippen LogP contribution in [0.15, 0.2) is 17.1 Å². The third-order valence-electron chi connectivity index (χ3n) is 7.18. The highest BCUT2D eigenvalue weighted by Gasteiger charge is 2.41. The number of nitrogens with two attached hydrogens (primary N) is 1. The lowest BCUT2D eigenvalue weighted by Gasteiger charge is -2.35. The summed E-state index contributed by atoms with van der Waals surface area (Å²) in [6, 6.07) is 1.95. The van der Waals surface area contributed by atoms with Crippen molar-refractivity contribution in [2.75, 3.05) is 36.8 Å². The van der Waals surface area contributed by atoms with Gasteiger partial charge in [0.15, 0.2) is 5.82 Å². The second-order valence-corrected chi connectivity index (χ2v) is 12.0. The number of nitrogens with one attached hydrogen (secondary N) is 1. The first-order valence-corrected chi connectivity index (χ1v) is 13.3. The fourth-order valence-corrected chi connectivity index (χ4v) is 6.44. The lowest BCUT2D eigenvalue weighted by Crippen LogP contribution is -2.50. The number of pyridine rings is 1. The van der Waals surface area contributed by atoms with Gasteiger partial charge in [-0.05, 0) is 25.7 Å². The second kappa shape index (κ2) is 8.12. The topological polar surface area (TPSA) is 135 Å². The van der Waals surface area contributed by atoms with E-state index >= 15 is 0 Å². The van der Waals surface area contributed by atoms with Crippen LogP contribution >= 0.6 is 0 Å². The normalized spacial score (nSPS) is 18.8. The lowest BCUT2D eigenvalue weighted by atomic mass is 10.0. The molecule has 0 spiro atoms. The van der Waals surface area contributed by atoms with Crippen LogP contribution in [0.3, 0.4) is 0 Å². The van der Waals surface area contributed by atoms with Crippen molar-refractivity contribution >= 4 is 32.6 Å². The summed E-state index contributed by atoms with van der Waals surface area (Å²) < 4.78 is 30.3. The van der Waals surface area contributed by atoms with Crippen molar-refractivity contribution in [1.29, 1.82) is 0 Å². The number of nitrogen functional groups attached to an aromatic ring is 1. The molecule has 4 heterocycles. The zero-order valence-corrected chi connectivity index (χ0v) is 20.8. The van der Waals surface area contributed by atoms with Gasteiger partial charge in [0, 0.05) is 57.1 Å². The lowest BCUT2D eigenvalue weighted by molar-refractivity contribution is 0.381. The standard InChI is InChI=1S/C22H32N8O3S/c1-13(2)14(3)30-12-16(20-19(22(30)31)21(23)25-24-20)17-11-18(27(4)26-17)28-7-9-29(10-8-28)34(32,33)15-5-6-15/h11-15H,5-10H2,1-4H3,(H3,23,24,25)/t14-/m0/s1. The van der Waals surface area contributed by atoms with Crippen molar-refractivity contribution in [3.8, 4) is 11.3 Å². The molecule has 12 heteroatoms. The Kier molecular flexibility index (Phi) is 5.47. The van der Waals surface area contributed by atoms with Gasteiger partial charge in [-0.2, -0.15) is 14.5 Å². The number of rotatable bonds is 6. The molecule has 34 heavy (non-hydrogen) atoms. The fraction of sp³-hybridized carbons (Fsp3) is 0.591. The minimum Gasteiger partial charge on any atom is -0.382 e. The number of sulfonamides is 1. The predicted octanol–water partition coefficient (Wildman–Crippen LogP) is 1.54. The molecule has 3 aromatic rings. The van der Waals surface area contributed by atoms with Crippen molar-refractivity contribution < 1.29 is 8.42 Å². The van der Waals surface area contributed by atoms with E-state index in [0.717, 1.165) is 24.2 Å². The minimum atomic E-state index is -3.16. The van der Waals surface area contributed by atoms with Crippen LogP contribution in [-0.2, 0) is 17.1 Å². The number of H-pyrrole nitrogens is 1. The summed E-state index contributed by atoms with van der Waals surface area (Å²) in [6.07, 6.45) is 3.38. The Bertz CT molecular complexity index is 1390. The van der Waals surface area contributed by atoms with Gasteiger partial charge >= 0.3 is 0 Å². The van der Waals surface area contributed by atoms with E-state index in [-0.39, 0.29) is 28.6 Å². The Morgan fingerprint density at radius 2 is 1.82 bits per heavy atom. The highest BCUT2D eigenvalue weighted by Crippen LogP contribution is 2.33. The molecular formula is C22H32N8O3S. The van der Waals surface area contributed by atoms with Crippen LogP contribution in [-0.4, -0.2) is 68.7 Å². The second-order valence-electron chi connectivity index (χ2n) is 9.74. The predicted molar refractivity (Wildman–Crippen MR) is 132 cm³/mol. The van der Waals surface area contributed by atoms with E-state index in [1.54, 1.807) is 13.6 Å². The molecule has 11 nitrogen and oxygen atoms in total. The number of aromatic nitrogens is 5. The van der Waals surface area contributed by atoms with Crippen LogP contribution in [0, 0.1) is 5.92 Å². The first-order valence-electron chi connectivity index (χ1n) is 11.8. The smallest absolute Gasteiger partial charge is 0.264 e. The van der Waals surface area contributed by atoms with Crippen LogP contribution < -0.4 is 16.2 Å². The van der Waals surface area contributed by atoms with Gasteiger partial charge in [0.1, 0.15) is 11.2 Å². The van der Waals surface area contributed by atoms with Crippen molar-refractivity contribution in [2.24, 2.45) is 13.0 Å². The Balaban J connectivity index is 1.49. The van der Waals surface area contributed by atoms with Crippen LogP contribution in [0.4, 0.5) is 11.6 Å². The molecule has 2 aliphatic rings. The zero-order valence-electron chi connectivity index (χ0n) is 20.0. The number of hydrogen-bond donors (Lipinski definition) is 2. The molecule has 1 saturated heterocycles. The largest absolute Gasteiger partial charge is 0.382 e. The molecule has 1 aliphatic heterocycles. The molecule has 0 radical (unpaired) electrons. The summed E-state index contributed by atoms with van der Waals surface area (Å²) in [6.45, 7) is 8.29. The molecule has 1 atom stereocenters. The Morgan fingerprint density at radius 3 is 2.44 bits per heavy atom. The summed E-state index contributed by atoms with van der Waals surface area (Å²) in [5.74, 6) is 1.32. The number of piperazine rings is 1. The summed E-state index contributed by atoms with van der Waals surface area (Å²) in [5.41, 5.74) is 7.90. The number of aryl methyl sites for hydroxylation is 1. The molecule has 3 aromatic heterocycles. The highest BCUT2D eigenvalue weighted by molar-refractivity contribution is 7.90. The molecule has 3 N–H and O–H groups in total. The average molecular weight is 489 g/mol. The molecule has 2 fully saturated rings. The first kappa shape index (κ1) is 22.9. The molecule has 0 aromatic carbocycles. The third kappa shape index (κ3) is 3.68. The fourth-order valence-electron chi connectivity index (χ4n) is 4.61. The summed E-state index contributed by atoms with van der Waals surface area (Å²) in [5, 5.41) is 11.9. The van der Waals surface area contributed by atoms with Crippen LogP contribution in [0.25, 0.3) is 22.2 Å². The van der Waals surface area contributed by atoms with Crippen LogP contribution in [0.5, 0.6) is 0 Å². The third-order valence-corrected chi connectivity index (χ3v) is 9.58. The van der Waals surface area contributed by atoms with Gasteiger partial charge in [-0.3, -0.25) is 14.6 Å². The number of hydrogen-bond acceptors (Lipinski definition) is 7. The quantitative estimate of drug-likeness (QED) is 0.537. The first-order chi connectivity index (χ1) is 16.1. The molecule has 5 rings (SSSR count). The zero-order chi connectivity index (χ0) is 24.4. The summed E-state index contributed by atoms with van der Waals surface area (Å²) in [4.78, 5) is 15.3. The Labute approximate surface area is 198 Å². The van der Waals surface area contributed by atoms with Gasteiger partial charge in [-0.15, -0.1) is 0 Å². The van der Waals surface area contributed by atoms with Gasteiger partial charge in [0.25, 0.3) is 5.56 Å². The Hall–Kier alpha value is -2.86. The SMILES string of the molecule is CC(C)[C@H](C)n1cc(-c2cc(N3CCN(S(=O)(=O)C4CC4)CC3)n(C)n2)c2[nH]nc(N)c2c1=O. The van der Waals surface area contributed by atoms with Gasteiger partial charge in [0.05, 0.1) is 16.5 Å². The maximum absolute atomic E-state index is 13.2. The van der Waals surface area contributed by atoms with E-state index in [0.29, 0.717) is 42.8 Å². The van der Waals surface area contributed by atoms with Crippen molar-refractivity contribution in [1.82, 2.24) is 28.9 Å². The molecule has 0 bridgehead atoms. The monoisotopic (exact) mass is 488 g/mol. The van der Waals surface area contributed by atoms with Crippen LogP contribution in [0.2, 0.25) is 0 Å². The van der Waals surface area contributed by atoms with Crippen molar-refractivity contribution in [3.63, 3.8) is 0 Å². The number of fused-ring (bicyclic) bond motifs is 1.